The molecule has 2 N–H and O–H groups in total. The molecule has 0 saturated heterocycles. The van der Waals surface area contributed by atoms with Crippen molar-refractivity contribution in [1.82, 2.24) is 9.88 Å². The summed E-state index contributed by atoms with van der Waals surface area (Å²) >= 11 is 0. The summed E-state index contributed by atoms with van der Waals surface area (Å²) in [5.41, 5.74) is 0.333. The Bertz CT molecular complexity index is 508. The molecule has 0 unspecified atom stereocenters. The van der Waals surface area contributed by atoms with Crippen molar-refractivity contribution >= 4 is 17.7 Å². The van der Waals surface area contributed by atoms with E-state index >= 15 is 0 Å². The van der Waals surface area contributed by atoms with Crippen molar-refractivity contribution in [2.24, 2.45) is 0 Å². The number of pyridine rings is 1. The van der Waals surface area contributed by atoms with Gasteiger partial charge in [0.25, 0.3) is 0 Å². The van der Waals surface area contributed by atoms with Crippen LogP contribution in [-0.4, -0.2) is 40.1 Å². The van der Waals surface area contributed by atoms with Crippen LogP contribution in [0.5, 0.6) is 0 Å². The summed E-state index contributed by atoms with van der Waals surface area (Å²) in [4.78, 5) is 27.9. The molecular formula is C13H15N3O3. The Balaban J connectivity index is 2.77. The van der Waals surface area contributed by atoms with Gasteiger partial charge in [-0.25, -0.2) is 9.59 Å². The lowest BCUT2D eigenvalue weighted by Gasteiger charge is -2.19. The lowest BCUT2D eigenvalue weighted by atomic mass is 10.2. The summed E-state index contributed by atoms with van der Waals surface area (Å²) in [5, 5.41) is 11.4. The number of carboxylic acids is 1. The van der Waals surface area contributed by atoms with E-state index in [9.17, 15) is 9.59 Å². The first-order valence-electron chi connectivity index (χ1n) is 5.76. The van der Waals surface area contributed by atoms with Crippen LogP contribution in [0.3, 0.4) is 0 Å². The van der Waals surface area contributed by atoms with E-state index in [2.05, 4.69) is 16.2 Å². The average Bonchev–Trinajstić information content (AvgIpc) is 2.38. The second-order valence-electron chi connectivity index (χ2n) is 3.82. The lowest BCUT2D eigenvalue weighted by Crippen LogP contribution is -2.35. The molecule has 2 amide bonds. The van der Waals surface area contributed by atoms with Crippen LogP contribution in [0.25, 0.3) is 0 Å². The number of anilines is 1. The Labute approximate surface area is 111 Å². The first kappa shape index (κ1) is 14.5. The number of rotatable bonds is 5. The number of carbonyl (C=O) groups is 2. The maximum absolute atomic E-state index is 11.9. The number of nitrogens with one attached hydrogen (secondary N) is 1. The zero-order valence-electron chi connectivity index (χ0n) is 10.6. The van der Waals surface area contributed by atoms with Crippen molar-refractivity contribution in [2.45, 2.75) is 13.3 Å². The van der Waals surface area contributed by atoms with Crippen molar-refractivity contribution < 1.29 is 14.7 Å². The molecule has 1 rings (SSSR count). The van der Waals surface area contributed by atoms with E-state index in [1.807, 2.05) is 6.92 Å². The first-order valence-corrected chi connectivity index (χ1v) is 5.76. The van der Waals surface area contributed by atoms with Gasteiger partial charge < -0.3 is 15.3 Å². The van der Waals surface area contributed by atoms with Gasteiger partial charge in [-0.3, -0.25) is 4.98 Å². The number of carbonyl (C=O) groups excluding carboxylic acids is 1. The molecule has 0 aliphatic rings. The second kappa shape index (κ2) is 7.01. The van der Waals surface area contributed by atoms with Crippen molar-refractivity contribution in [3.05, 3.63) is 24.0 Å². The maximum atomic E-state index is 11.9. The summed E-state index contributed by atoms with van der Waals surface area (Å²) < 4.78 is 0. The van der Waals surface area contributed by atoms with Crippen molar-refractivity contribution in [2.75, 3.05) is 18.4 Å². The molecule has 0 radical (unpaired) electrons. The summed E-state index contributed by atoms with van der Waals surface area (Å²) in [5.74, 6) is 1.30. The molecule has 19 heavy (non-hydrogen) atoms. The van der Waals surface area contributed by atoms with Crippen LogP contribution in [0.4, 0.5) is 10.5 Å². The standard InChI is InChI=1S/C13H15N3O3/c1-3-5-16(6-4-2)13(19)15-11-7-10(12(17)18)8-14-9-11/h1,7-9H,4-6H2,2H3,(H,15,19)(H,17,18). The number of aromatic carboxylic acids is 1. The Kier molecular flexibility index (Phi) is 5.35. The van der Waals surface area contributed by atoms with Crippen LogP contribution >= 0.6 is 0 Å². The minimum atomic E-state index is -1.10. The van der Waals surface area contributed by atoms with E-state index in [0.29, 0.717) is 12.2 Å². The van der Waals surface area contributed by atoms with Gasteiger partial charge in [-0.1, -0.05) is 12.8 Å². The fourth-order valence-corrected chi connectivity index (χ4v) is 1.46. The molecule has 0 aliphatic carbocycles. The van der Waals surface area contributed by atoms with Crippen LogP contribution in [-0.2, 0) is 0 Å². The summed E-state index contributed by atoms with van der Waals surface area (Å²) in [6.07, 6.45) is 8.56. The zero-order chi connectivity index (χ0) is 14.3. The van der Waals surface area contributed by atoms with E-state index < -0.39 is 5.97 Å². The number of aromatic nitrogens is 1. The summed E-state index contributed by atoms with van der Waals surface area (Å²) in [6.45, 7) is 2.66. The van der Waals surface area contributed by atoms with Gasteiger partial charge in [0, 0.05) is 12.7 Å². The van der Waals surface area contributed by atoms with E-state index in [4.69, 9.17) is 11.5 Å². The monoisotopic (exact) mass is 261 g/mol. The van der Waals surface area contributed by atoms with Crippen LogP contribution in [0, 0.1) is 12.3 Å². The average molecular weight is 261 g/mol. The number of carboxylic acid groups (broad SMARTS) is 1. The van der Waals surface area contributed by atoms with Gasteiger partial charge in [0.2, 0.25) is 0 Å². The molecular weight excluding hydrogens is 246 g/mol. The number of hydrogen-bond donors (Lipinski definition) is 2. The third-order valence-electron chi connectivity index (χ3n) is 2.30. The number of terminal acetylenes is 1. The van der Waals surface area contributed by atoms with Gasteiger partial charge in [0.1, 0.15) is 0 Å². The Hall–Kier alpha value is -2.55. The lowest BCUT2D eigenvalue weighted by molar-refractivity contribution is 0.0696. The highest BCUT2D eigenvalue weighted by atomic mass is 16.4. The molecule has 100 valence electrons. The number of hydrogen-bond acceptors (Lipinski definition) is 3. The predicted molar refractivity (Wildman–Crippen MR) is 70.9 cm³/mol. The molecule has 0 bridgehead atoms. The topological polar surface area (TPSA) is 82.5 Å². The molecule has 6 heteroatoms. The molecule has 0 atom stereocenters. The highest BCUT2D eigenvalue weighted by Gasteiger charge is 2.12. The van der Waals surface area contributed by atoms with Gasteiger partial charge in [-0.15, -0.1) is 6.42 Å². The largest absolute Gasteiger partial charge is 0.478 e. The third kappa shape index (κ3) is 4.32. The van der Waals surface area contributed by atoms with E-state index in [0.717, 1.165) is 6.42 Å². The van der Waals surface area contributed by atoms with Crippen LogP contribution in [0.1, 0.15) is 23.7 Å². The zero-order valence-corrected chi connectivity index (χ0v) is 10.6. The second-order valence-corrected chi connectivity index (χ2v) is 3.82. The molecule has 0 spiro atoms. The van der Waals surface area contributed by atoms with Crippen molar-refractivity contribution in [1.29, 1.82) is 0 Å². The molecule has 0 fully saturated rings. The minimum Gasteiger partial charge on any atom is -0.478 e. The quantitative estimate of drug-likeness (QED) is 0.790. The molecule has 0 aromatic carbocycles. The third-order valence-corrected chi connectivity index (χ3v) is 2.30. The molecule has 0 aliphatic heterocycles. The smallest absolute Gasteiger partial charge is 0.337 e. The van der Waals surface area contributed by atoms with Crippen LogP contribution in [0.15, 0.2) is 18.5 Å². The Morgan fingerprint density at radius 2 is 2.26 bits per heavy atom. The Morgan fingerprint density at radius 3 is 2.84 bits per heavy atom. The van der Waals surface area contributed by atoms with Crippen molar-refractivity contribution in [3.8, 4) is 12.3 Å². The van der Waals surface area contributed by atoms with E-state index in [1.54, 1.807) is 0 Å². The van der Waals surface area contributed by atoms with Crippen molar-refractivity contribution in [3.63, 3.8) is 0 Å². The number of nitrogens with zero attached hydrogens (tertiary/aromatic N) is 2. The Morgan fingerprint density at radius 1 is 1.53 bits per heavy atom. The van der Waals surface area contributed by atoms with Gasteiger partial charge in [-0.2, -0.15) is 0 Å². The SMILES string of the molecule is C#CCN(CCC)C(=O)Nc1cncc(C(=O)O)c1. The van der Waals surface area contributed by atoms with Crippen LogP contribution in [0.2, 0.25) is 0 Å². The molecule has 6 nitrogen and oxygen atoms in total. The van der Waals surface area contributed by atoms with Gasteiger partial charge in [0.05, 0.1) is 24.0 Å². The molecule has 1 aromatic rings. The number of urea groups is 1. The molecule has 1 aromatic heterocycles. The van der Waals surface area contributed by atoms with E-state index in [1.165, 1.54) is 23.4 Å². The van der Waals surface area contributed by atoms with Gasteiger partial charge >= 0.3 is 12.0 Å². The molecule has 1 heterocycles. The van der Waals surface area contributed by atoms with Crippen LogP contribution < -0.4 is 5.32 Å². The minimum absolute atomic E-state index is 0.0109. The van der Waals surface area contributed by atoms with E-state index in [-0.39, 0.29) is 18.1 Å². The number of amides is 2. The fourth-order valence-electron chi connectivity index (χ4n) is 1.46. The summed E-state index contributed by atoms with van der Waals surface area (Å²) in [6, 6.07) is 0.969. The highest BCUT2D eigenvalue weighted by molar-refractivity contribution is 5.92. The van der Waals surface area contributed by atoms with Gasteiger partial charge in [-0.05, 0) is 12.5 Å². The molecule has 0 saturated carbocycles. The highest BCUT2D eigenvalue weighted by Crippen LogP contribution is 2.09. The summed E-state index contributed by atoms with van der Waals surface area (Å²) in [7, 11) is 0. The predicted octanol–water partition coefficient (Wildman–Crippen LogP) is 1.66. The fraction of sp³-hybridized carbons (Fsp3) is 0.308. The van der Waals surface area contributed by atoms with Gasteiger partial charge in [0.15, 0.2) is 0 Å². The first-order chi connectivity index (χ1) is 9.08. The normalized spacial score (nSPS) is 9.47. The maximum Gasteiger partial charge on any atom is 0.337 e.